The van der Waals surface area contributed by atoms with Gasteiger partial charge in [0.2, 0.25) is 0 Å². The van der Waals surface area contributed by atoms with Gasteiger partial charge in [-0.25, -0.2) is 0 Å². The molecule has 8 nitrogen and oxygen atoms in total. The van der Waals surface area contributed by atoms with Crippen molar-refractivity contribution in [3.63, 3.8) is 0 Å². The SMILES string of the molecule is CCCCCC[C@@H](C)C(=O)O[C@H]1Cc2c(O)cc(O)cc2O[C@@H]1c1cc(O)c(O)c(O)c1. The highest BCUT2D eigenvalue weighted by molar-refractivity contribution is 5.72. The molecule has 0 saturated heterocycles. The summed E-state index contributed by atoms with van der Waals surface area (Å²) in [6.07, 6.45) is 3.14. The Bertz CT molecular complexity index is 948. The lowest BCUT2D eigenvalue weighted by molar-refractivity contribution is -0.160. The molecule has 1 heterocycles. The van der Waals surface area contributed by atoms with Crippen molar-refractivity contribution in [2.24, 2.45) is 5.92 Å². The smallest absolute Gasteiger partial charge is 0.309 e. The fourth-order valence-electron chi connectivity index (χ4n) is 3.88. The van der Waals surface area contributed by atoms with Crippen LogP contribution < -0.4 is 4.74 Å². The van der Waals surface area contributed by atoms with Crippen molar-refractivity contribution in [2.75, 3.05) is 0 Å². The van der Waals surface area contributed by atoms with Gasteiger partial charge < -0.3 is 35.0 Å². The molecule has 1 aliphatic heterocycles. The molecule has 3 rings (SSSR count). The number of carbonyl (C=O) groups is 1. The molecule has 0 aliphatic carbocycles. The minimum absolute atomic E-state index is 0.100. The first kappa shape index (κ1) is 23.4. The summed E-state index contributed by atoms with van der Waals surface area (Å²) in [6.45, 7) is 3.92. The van der Waals surface area contributed by atoms with Gasteiger partial charge in [-0.3, -0.25) is 4.79 Å². The predicted octanol–water partition coefficient (Wildman–Crippen LogP) is 4.41. The second-order valence-electron chi connectivity index (χ2n) is 8.32. The second-order valence-corrected chi connectivity index (χ2v) is 8.32. The number of rotatable bonds is 8. The minimum Gasteiger partial charge on any atom is -0.508 e. The number of phenolic OH excluding ortho intramolecular Hbond substituents is 5. The van der Waals surface area contributed by atoms with E-state index in [1.54, 1.807) is 6.92 Å². The van der Waals surface area contributed by atoms with E-state index in [0.717, 1.165) is 25.7 Å². The van der Waals surface area contributed by atoms with Gasteiger partial charge in [0, 0.05) is 29.7 Å². The normalized spacial score (nSPS) is 18.4. The van der Waals surface area contributed by atoms with Gasteiger partial charge in [-0.15, -0.1) is 0 Å². The van der Waals surface area contributed by atoms with Crippen molar-refractivity contribution in [3.8, 4) is 34.5 Å². The van der Waals surface area contributed by atoms with Crippen LogP contribution in [-0.4, -0.2) is 37.6 Å². The van der Waals surface area contributed by atoms with Crippen LogP contribution in [-0.2, 0) is 16.0 Å². The number of hydrogen-bond donors (Lipinski definition) is 5. The Labute approximate surface area is 186 Å². The average molecular weight is 446 g/mol. The molecule has 0 radical (unpaired) electrons. The number of fused-ring (bicyclic) bond motifs is 1. The molecular formula is C24H30O8. The largest absolute Gasteiger partial charge is 0.508 e. The Hall–Kier alpha value is -3.29. The lowest BCUT2D eigenvalue weighted by Crippen LogP contribution is -2.36. The van der Waals surface area contributed by atoms with Crippen LogP contribution in [0.2, 0.25) is 0 Å². The van der Waals surface area contributed by atoms with Crippen molar-refractivity contribution < 1.29 is 39.8 Å². The topological polar surface area (TPSA) is 137 Å². The second kappa shape index (κ2) is 9.89. The van der Waals surface area contributed by atoms with E-state index in [9.17, 15) is 30.3 Å². The van der Waals surface area contributed by atoms with Crippen molar-refractivity contribution in [3.05, 3.63) is 35.4 Å². The Morgan fingerprint density at radius 3 is 2.38 bits per heavy atom. The fraction of sp³-hybridized carbons (Fsp3) is 0.458. The van der Waals surface area contributed by atoms with Crippen molar-refractivity contribution in [1.29, 1.82) is 0 Å². The Morgan fingerprint density at radius 2 is 1.72 bits per heavy atom. The van der Waals surface area contributed by atoms with Crippen LogP contribution in [0.4, 0.5) is 0 Å². The molecule has 32 heavy (non-hydrogen) atoms. The van der Waals surface area contributed by atoms with Gasteiger partial charge in [0.1, 0.15) is 23.4 Å². The summed E-state index contributed by atoms with van der Waals surface area (Å²) in [5.74, 6) is -2.71. The summed E-state index contributed by atoms with van der Waals surface area (Å²) < 4.78 is 11.7. The Balaban J connectivity index is 1.87. The number of unbranched alkanes of at least 4 members (excludes halogenated alkanes) is 3. The van der Waals surface area contributed by atoms with Crippen LogP contribution in [0.5, 0.6) is 34.5 Å². The molecule has 3 atom stereocenters. The Morgan fingerprint density at radius 1 is 1.03 bits per heavy atom. The van der Waals surface area contributed by atoms with E-state index in [1.807, 2.05) is 0 Å². The van der Waals surface area contributed by atoms with E-state index < -0.39 is 35.4 Å². The maximum absolute atomic E-state index is 12.8. The zero-order valence-corrected chi connectivity index (χ0v) is 18.2. The minimum atomic E-state index is -0.947. The highest BCUT2D eigenvalue weighted by atomic mass is 16.6. The number of aromatic hydroxyl groups is 5. The van der Waals surface area contributed by atoms with Crippen molar-refractivity contribution in [2.45, 2.75) is 64.6 Å². The standard InChI is InChI=1S/C24H30O8/c1-3-4-5-6-7-13(2)24(30)32-21-12-16-17(26)10-15(25)11-20(16)31-23(21)14-8-18(27)22(29)19(28)9-14/h8-11,13,21,23,25-29H,3-7,12H2,1-2H3/t13-,21+,23-/m1/s1. The average Bonchev–Trinajstić information content (AvgIpc) is 2.74. The molecule has 0 spiro atoms. The van der Waals surface area contributed by atoms with E-state index in [2.05, 4.69) is 6.92 Å². The molecule has 0 saturated carbocycles. The van der Waals surface area contributed by atoms with Crippen molar-refractivity contribution >= 4 is 5.97 Å². The maximum atomic E-state index is 12.8. The molecule has 0 fully saturated rings. The van der Waals surface area contributed by atoms with Gasteiger partial charge in [-0.05, 0) is 18.6 Å². The molecule has 0 aromatic heterocycles. The highest BCUT2D eigenvalue weighted by Crippen LogP contribution is 2.45. The van der Waals surface area contributed by atoms with Crippen LogP contribution in [0.3, 0.4) is 0 Å². The van der Waals surface area contributed by atoms with Crippen LogP contribution in [0.1, 0.15) is 63.2 Å². The fourth-order valence-corrected chi connectivity index (χ4v) is 3.88. The molecule has 5 N–H and O–H groups in total. The third kappa shape index (κ3) is 5.12. The molecule has 2 aromatic carbocycles. The quantitative estimate of drug-likeness (QED) is 0.228. The summed E-state index contributed by atoms with van der Waals surface area (Å²) >= 11 is 0. The van der Waals surface area contributed by atoms with Crippen LogP contribution in [0, 0.1) is 5.92 Å². The summed E-state index contributed by atoms with van der Waals surface area (Å²) in [7, 11) is 0. The number of benzene rings is 2. The highest BCUT2D eigenvalue weighted by Gasteiger charge is 2.37. The van der Waals surface area contributed by atoms with Gasteiger partial charge >= 0.3 is 5.97 Å². The molecule has 8 heteroatoms. The molecule has 0 amide bonds. The number of phenols is 5. The predicted molar refractivity (Wildman–Crippen MR) is 116 cm³/mol. The molecule has 2 aromatic rings. The zero-order chi connectivity index (χ0) is 23.4. The summed E-state index contributed by atoms with van der Waals surface area (Å²) in [4.78, 5) is 12.8. The first-order valence-corrected chi connectivity index (χ1v) is 10.9. The number of ether oxygens (including phenoxy) is 2. The third-order valence-corrected chi connectivity index (χ3v) is 5.75. The summed E-state index contributed by atoms with van der Waals surface area (Å²) in [5, 5.41) is 49.6. The van der Waals surface area contributed by atoms with Crippen LogP contribution in [0.15, 0.2) is 24.3 Å². The first-order valence-electron chi connectivity index (χ1n) is 10.9. The Kier molecular flexibility index (Phi) is 7.22. The number of carbonyl (C=O) groups excluding carboxylic acids is 1. The van der Waals surface area contributed by atoms with Gasteiger partial charge in [-0.1, -0.05) is 39.5 Å². The van der Waals surface area contributed by atoms with Gasteiger partial charge in [0.05, 0.1) is 5.92 Å². The van der Waals surface area contributed by atoms with E-state index in [4.69, 9.17) is 9.47 Å². The lowest BCUT2D eigenvalue weighted by atomic mass is 9.93. The monoisotopic (exact) mass is 446 g/mol. The van der Waals surface area contributed by atoms with E-state index >= 15 is 0 Å². The van der Waals surface area contributed by atoms with Gasteiger partial charge in [-0.2, -0.15) is 0 Å². The zero-order valence-electron chi connectivity index (χ0n) is 18.2. The number of hydrogen-bond acceptors (Lipinski definition) is 8. The molecular weight excluding hydrogens is 416 g/mol. The number of esters is 1. The van der Waals surface area contributed by atoms with Gasteiger partial charge in [0.15, 0.2) is 23.4 Å². The summed E-state index contributed by atoms with van der Waals surface area (Å²) in [6, 6.07) is 4.93. The first-order chi connectivity index (χ1) is 15.2. The third-order valence-electron chi connectivity index (χ3n) is 5.75. The molecule has 0 unspecified atom stereocenters. The summed E-state index contributed by atoms with van der Waals surface area (Å²) in [5.41, 5.74) is 0.638. The molecule has 0 bridgehead atoms. The maximum Gasteiger partial charge on any atom is 0.309 e. The van der Waals surface area contributed by atoms with E-state index in [-0.39, 0.29) is 35.2 Å². The lowest BCUT2D eigenvalue weighted by Gasteiger charge is -2.34. The van der Waals surface area contributed by atoms with E-state index in [0.29, 0.717) is 12.0 Å². The van der Waals surface area contributed by atoms with Crippen molar-refractivity contribution in [1.82, 2.24) is 0 Å². The van der Waals surface area contributed by atoms with Crippen LogP contribution >= 0.6 is 0 Å². The van der Waals surface area contributed by atoms with Crippen LogP contribution in [0.25, 0.3) is 0 Å². The van der Waals surface area contributed by atoms with Gasteiger partial charge in [0.25, 0.3) is 0 Å². The molecule has 1 aliphatic rings. The molecule has 174 valence electrons. The van der Waals surface area contributed by atoms with E-state index in [1.165, 1.54) is 24.3 Å².